The van der Waals surface area contributed by atoms with E-state index in [1.54, 1.807) is 0 Å². The number of benzene rings is 1. The number of carboxylic acid groups (broad SMARTS) is 1. The van der Waals surface area contributed by atoms with Gasteiger partial charge in [-0.05, 0) is 43.4 Å². The molecule has 0 amide bonds. The first-order valence-electron chi connectivity index (χ1n) is 6.21. The molecule has 2 fully saturated rings. The summed E-state index contributed by atoms with van der Waals surface area (Å²) in [5, 5.41) is 9.38. The molecule has 2 aliphatic rings. The standard InChI is InChI=1S/C14H16O3/c15-13(16)14(7-2-8-14)10-3-1-4-12(9-10)17-11-5-6-11/h1,3-4,9,11H,2,5-8H2,(H,15,16). The molecule has 2 saturated carbocycles. The van der Waals surface area contributed by atoms with Crippen molar-refractivity contribution in [3.05, 3.63) is 29.8 Å². The summed E-state index contributed by atoms with van der Waals surface area (Å²) in [5.41, 5.74) is 0.248. The van der Waals surface area contributed by atoms with Crippen LogP contribution in [-0.2, 0) is 10.2 Å². The Balaban J connectivity index is 1.88. The summed E-state index contributed by atoms with van der Waals surface area (Å²) < 4.78 is 5.72. The minimum atomic E-state index is -0.702. The lowest BCUT2D eigenvalue weighted by Gasteiger charge is -2.38. The van der Waals surface area contributed by atoms with Crippen molar-refractivity contribution in [2.45, 2.75) is 43.6 Å². The minimum Gasteiger partial charge on any atom is -0.490 e. The van der Waals surface area contributed by atoms with E-state index in [2.05, 4.69) is 0 Å². The van der Waals surface area contributed by atoms with E-state index in [1.807, 2.05) is 24.3 Å². The van der Waals surface area contributed by atoms with Gasteiger partial charge in [0.05, 0.1) is 11.5 Å². The van der Waals surface area contributed by atoms with Crippen molar-refractivity contribution in [1.82, 2.24) is 0 Å². The Kier molecular flexibility index (Phi) is 2.35. The van der Waals surface area contributed by atoms with E-state index in [-0.39, 0.29) is 0 Å². The predicted molar refractivity (Wildman–Crippen MR) is 63.3 cm³/mol. The molecule has 0 heterocycles. The maximum absolute atomic E-state index is 11.4. The average molecular weight is 232 g/mol. The van der Waals surface area contributed by atoms with Crippen LogP contribution in [0.5, 0.6) is 5.75 Å². The Bertz CT molecular complexity index is 445. The Morgan fingerprint density at radius 1 is 1.35 bits per heavy atom. The third kappa shape index (κ3) is 1.79. The van der Waals surface area contributed by atoms with Crippen LogP contribution >= 0.6 is 0 Å². The highest BCUT2D eigenvalue weighted by Gasteiger charge is 2.46. The Morgan fingerprint density at radius 3 is 2.65 bits per heavy atom. The highest BCUT2D eigenvalue weighted by atomic mass is 16.5. The highest BCUT2D eigenvalue weighted by molar-refractivity contribution is 5.82. The van der Waals surface area contributed by atoms with E-state index in [9.17, 15) is 9.90 Å². The average Bonchev–Trinajstić information content (AvgIpc) is 3.00. The van der Waals surface area contributed by atoms with Crippen LogP contribution in [0.3, 0.4) is 0 Å². The molecule has 0 radical (unpaired) electrons. The van der Waals surface area contributed by atoms with Crippen LogP contribution in [0.15, 0.2) is 24.3 Å². The van der Waals surface area contributed by atoms with Gasteiger partial charge in [-0.3, -0.25) is 4.79 Å². The second kappa shape index (κ2) is 3.76. The van der Waals surface area contributed by atoms with Gasteiger partial charge in [-0.25, -0.2) is 0 Å². The van der Waals surface area contributed by atoms with Gasteiger partial charge in [0.15, 0.2) is 0 Å². The van der Waals surface area contributed by atoms with Gasteiger partial charge in [0.1, 0.15) is 5.75 Å². The topological polar surface area (TPSA) is 46.5 Å². The summed E-state index contributed by atoms with van der Waals surface area (Å²) in [6.45, 7) is 0. The second-order valence-electron chi connectivity index (χ2n) is 5.09. The predicted octanol–water partition coefficient (Wildman–Crippen LogP) is 2.73. The molecule has 0 atom stereocenters. The fourth-order valence-electron chi connectivity index (χ4n) is 2.40. The van der Waals surface area contributed by atoms with E-state index >= 15 is 0 Å². The van der Waals surface area contributed by atoms with Crippen molar-refractivity contribution in [1.29, 1.82) is 0 Å². The minimum absolute atomic E-state index is 0.354. The molecule has 90 valence electrons. The zero-order valence-electron chi connectivity index (χ0n) is 9.69. The van der Waals surface area contributed by atoms with Gasteiger partial charge in [0.25, 0.3) is 0 Å². The molecule has 0 saturated heterocycles. The lowest BCUT2D eigenvalue weighted by atomic mass is 9.64. The van der Waals surface area contributed by atoms with Crippen molar-refractivity contribution in [2.24, 2.45) is 0 Å². The number of hydrogen-bond acceptors (Lipinski definition) is 2. The Hall–Kier alpha value is -1.51. The molecule has 0 unspecified atom stereocenters. The number of ether oxygens (including phenoxy) is 1. The van der Waals surface area contributed by atoms with E-state index < -0.39 is 11.4 Å². The van der Waals surface area contributed by atoms with Crippen LogP contribution in [0, 0.1) is 0 Å². The molecule has 17 heavy (non-hydrogen) atoms. The first-order valence-corrected chi connectivity index (χ1v) is 6.21. The van der Waals surface area contributed by atoms with Crippen molar-refractivity contribution in [3.63, 3.8) is 0 Å². The molecular formula is C14H16O3. The van der Waals surface area contributed by atoms with Gasteiger partial charge in [-0.15, -0.1) is 0 Å². The number of hydrogen-bond donors (Lipinski definition) is 1. The van der Waals surface area contributed by atoms with Crippen molar-refractivity contribution < 1.29 is 14.6 Å². The molecule has 0 aromatic heterocycles. The Morgan fingerprint density at radius 2 is 2.12 bits per heavy atom. The molecule has 2 aliphatic carbocycles. The monoisotopic (exact) mass is 232 g/mol. The summed E-state index contributed by atoms with van der Waals surface area (Å²) in [5.74, 6) is 0.116. The normalized spacial score (nSPS) is 21.6. The zero-order valence-corrected chi connectivity index (χ0v) is 9.69. The number of aliphatic carboxylic acids is 1. The van der Waals surface area contributed by atoms with Crippen LogP contribution in [0.25, 0.3) is 0 Å². The molecule has 0 spiro atoms. The molecule has 1 aromatic carbocycles. The van der Waals surface area contributed by atoms with E-state index in [0.29, 0.717) is 6.10 Å². The second-order valence-corrected chi connectivity index (χ2v) is 5.09. The summed E-state index contributed by atoms with van der Waals surface area (Å²) in [6.07, 6.45) is 5.08. The fourth-order valence-corrected chi connectivity index (χ4v) is 2.40. The van der Waals surface area contributed by atoms with E-state index in [4.69, 9.17) is 4.74 Å². The van der Waals surface area contributed by atoms with Gasteiger partial charge in [-0.1, -0.05) is 18.6 Å². The van der Waals surface area contributed by atoms with Crippen LogP contribution < -0.4 is 4.74 Å². The number of rotatable bonds is 4. The first-order chi connectivity index (χ1) is 8.21. The molecule has 1 aromatic rings. The third-order valence-corrected chi connectivity index (χ3v) is 3.83. The maximum Gasteiger partial charge on any atom is 0.314 e. The van der Waals surface area contributed by atoms with Crippen molar-refractivity contribution in [3.8, 4) is 5.75 Å². The summed E-state index contributed by atoms with van der Waals surface area (Å²) in [4.78, 5) is 11.4. The maximum atomic E-state index is 11.4. The largest absolute Gasteiger partial charge is 0.490 e. The van der Waals surface area contributed by atoms with Crippen LogP contribution in [0.4, 0.5) is 0 Å². The van der Waals surface area contributed by atoms with Gasteiger partial charge in [0.2, 0.25) is 0 Å². The van der Waals surface area contributed by atoms with Crippen molar-refractivity contribution >= 4 is 5.97 Å². The van der Waals surface area contributed by atoms with Gasteiger partial charge in [0, 0.05) is 0 Å². The first kappa shape index (κ1) is 10.6. The van der Waals surface area contributed by atoms with Gasteiger partial charge >= 0.3 is 5.97 Å². The zero-order chi connectivity index (χ0) is 11.9. The summed E-state index contributed by atoms with van der Waals surface area (Å²) in [7, 11) is 0. The van der Waals surface area contributed by atoms with Crippen LogP contribution in [-0.4, -0.2) is 17.2 Å². The number of carbonyl (C=O) groups is 1. The van der Waals surface area contributed by atoms with Crippen molar-refractivity contribution in [2.75, 3.05) is 0 Å². The van der Waals surface area contributed by atoms with Gasteiger partial charge in [-0.2, -0.15) is 0 Å². The molecule has 0 aliphatic heterocycles. The lowest BCUT2D eigenvalue weighted by Crippen LogP contribution is -2.42. The molecule has 3 rings (SSSR count). The molecule has 3 heteroatoms. The molecule has 3 nitrogen and oxygen atoms in total. The fraction of sp³-hybridized carbons (Fsp3) is 0.500. The van der Waals surface area contributed by atoms with E-state index in [0.717, 1.165) is 43.4 Å². The molecule has 1 N–H and O–H groups in total. The SMILES string of the molecule is O=C(O)C1(c2cccc(OC3CC3)c2)CCC1. The number of carboxylic acids is 1. The third-order valence-electron chi connectivity index (χ3n) is 3.83. The summed E-state index contributed by atoms with van der Waals surface area (Å²) >= 11 is 0. The molecular weight excluding hydrogens is 216 g/mol. The molecule has 0 bridgehead atoms. The lowest BCUT2D eigenvalue weighted by molar-refractivity contribution is -0.147. The van der Waals surface area contributed by atoms with E-state index in [1.165, 1.54) is 0 Å². The van der Waals surface area contributed by atoms with Crippen LogP contribution in [0.1, 0.15) is 37.7 Å². The summed E-state index contributed by atoms with van der Waals surface area (Å²) in [6, 6.07) is 7.63. The van der Waals surface area contributed by atoms with Crippen LogP contribution in [0.2, 0.25) is 0 Å². The smallest absolute Gasteiger partial charge is 0.314 e. The van der Waals surface area contributed by atoms with Gasteiger partial charge < -0.3 is 9.84 Å². The quantitative estimate of drug-likeness (QED) is 0.868. The Labute approximate surface area is 100 Å². The highest BCUT2D eigenvalue weighted by Crippen LogP contribution is 2.45.